The molecule has 0 aliphatic rings. The first-order valence-corrected chi connectivity index (χ1v) is 7.09. The van der Waals surface area contributed by atoms with E-state index in [2.05, 4.69) is 21.2 Å². The van der Waals surface area contributed by atoms with Crippen LogP contribution in [0.25, 0.3) is 0 Å². The normalized spacial score (nSPS) is 10.3. The minimum absolute atomic E-state index is 0.149. The minimum atomic E-state index is -0.918. The highest BCUT2D eigenvalue weighted by Crippen LogP contribution is 2.10. The van der Waals surface area contributed by atoms with Crippen LogP contribution in [-0.4, -0.2) is 5.91 Å². The number of halogens is 3. The standard InChI is InChI=1S/C15H12BrF2NO/c16-8-10-1-4-12(5-2-10)15(20)19-9-11-3-6-13(17)14(18)7-11/h1-7H,8-9H2,(H,19,20). The summed E-state index contributed by atoms with van der Waals surface area (Å²) < 4.78 is 25.8. The molecule has 0 saturated heterocycles. The van der Waals surface area contributed by atoms with Gasteiger partial charge < -0.3 is 5.32 Å². The largest absolute Gasteiger partial charge is 0.348 e. The lowest BCUT2D eigenvalue weighted by atomic mass is 10.1. The molecule has 0 fully saturated rings. The molecule has 0 heterocycles. The Morgan fingerprint density at radius 3 is 2.25 bits per heavy atom. The lowest BCUT2D eigenvalue weighted by molar-refractivity contribution is 0.0951. The molecule has 0 saturated carbocycles. The van der Waals surface area contributed by atoms with Crippen LogP contribution >= 0.6 is 15.9 Å². The molecule has 20 heavy (non-hydrogen) atoms. The molecule has 0 radical (unpaired) electrons. The summed E-state index contributed by atoms with van der Waals surface area (Å²) >= 11 is 3.33. The Kier molecular flexibility index (Phi) is 4.84. The van der Waals surface area contributed by atoms with E-state index >= 15 is 0 Å². The van der Waals surface area contributed by atoms with E-state index in [4.69, 9.17) is 0 Å². The van der Waals surface area contributed by atoms with Crippen molar-refractivity contribution in [2.75, 3.05) is 0 Å². The van der Waals surface area contributed by atoms with E-state index in [0.29, 0.717) is 11.1 Å². The van der Waals surface area contributed by atoms with Crippen molar-refractivity contribution < 1.29 is 13.6 Å². The van der Waals surface area contributed by atoms with Gasteiger partial charge in [0.2, 0.25) is 0 Å². The molecule has 104 valence electrons. The first-order chi connectivity index (χ1) is 9.60. The Labute approximate surface area is 123 Å². The van der Waals surface area contributed by atoms with E-state index < -0.39 is 11.6 Å². The molecule has 0 aromatic heterocycles. The van der Waals surface area contributed by atoms with Gasteiger partial charge in [-0.3, -0.25) is 4.79 Å². The van der Waals surface area contributed by atoms with Crippen LogP contribution < -0.4 is 5.32 Å². The number of alkyl halides is 1. The molecule has 0 bridgehead atoms. The molecular weight excluding hydrogens is 328 g/mol. The van der Waals surface area contributed by atoms with E-state index in [1.807, 2.05) is 12.1 Å². The Morgan fingerprint density at radius 1 is 1.00 bits per heavy atom. The molecule has 1 N–H and O–H groups in total. The molecule has 2 rings (SSSR count). The van der Waals surface area contributed by atoms with Crippen molar-refractivity contribution in [3.8, 4) is 0 Å². The number of rotatable bonds is 4. The van der Waals surface area contributed by atoms with Gasteiger partial charge >= 0.3 is 0 Å². The maximum atomic E-state index is 13.0. The topological polar surface area (TPSA) is 29.1 Å². The summed E-state index contributed by atoms with van der Waals surface area (Å²) in [6.07, 6.45) is 0. The number of carbonyl (C=O) groups excluding carboxylic acids is 1. The Hall–Kier alpha value is -1.75. The maximum absolute atomic E-state index is 13.0. The SMILES string of the molecule is O=C(NCc1ccc(F)c(F)c1)c1ccc(CBr)cc1. The van der Waals surface area contributed by atoms with Crippen LogP contribution in [0.2, 0.25) is 0 Å². The number of hydrogen-bond donors (Lipinski definition) is 1. The quantitative estimate of drug-likeness (QED) is 0.843. The van der Waals surface area contributed by atoms with Gasteiger partial charge in [-0.2, -0.15) is 0 Å². The Morgan fingerprint density at radius 2 is 1.65 bits per heavy atom. The molecule has 2 aromatic rings. The summed E-state index contributed by atoms with van der Waals surface area (Å²) in [6, 6.07) is 10.7. The smallest absolute Gasteiger partial charge is 0.251 e. The van der Waals surface area contributed by atoms with Gasteiger partial charge in [0.05, 0.1) is 0 Å². The van der Waals surface area contributed by atoms with Gasteiger partial charge in [0, 0.05) is 17.4 Å². The Balaban J connectivity index is 1.98. The van der Waals surface area contributed by atoms with Gasteiger partial charge in [-0.25, -0.2) is 8.78 Å². The van der Waals surface area contributed by atoms with Gasteiger partial charge in [0.25, 0.3) is 5.91 Å². The van der Waals surface area contributed by atoms with Crippen LogP contribution in [-0.2, 0) is 11.9 Å². The molecule has 5 heteroatoms. The highest BCUT2D eigenvalue weighted by atomic mass is 79.9. The monoisotopic (exact) mass is 339 g/mol. The molecule has 0 atom stereocenters. The predicted molar refractivity (Wildman–Crippen MR) is 76.6 cm³/mol. The lowest BCUT2D eigenvalue weighted by Crippen LogP contribution is -2.22. The second-order valence-electron chi connectivity index (χ2n) is 4.26. The van der Waals surface area contributed by atoms with Gasteiger partial charge in [-0.05, 0) is 35.4 Å². The predicted octanol–water partition coefficient (Wildman–Crippen LogP) is 3.79. The van der Waals surface area contributed by atoms with Crippen molar-refractivity contribution in [1.82, 2.24) is 5.32 Å². The first kappa shape index (κ1) is 14.7. The number of benzene rings is 2. The number of nitrogens with one attached hydrogen (secondary N) is 1. The van der Waals surface area contributed by atoms with Gasteiger partial charge in [0.15, 0.2) is 11.6 Å². The third-order valence-electron chi connectivity index (χ3n) is 2.81. The van der Waals surface area contributed by atoms with Crippen LogP contribution in [0.15, 0.2) is 42.5 Å². The average Bonchev–Trinajstić information content (AvgIpc) is 2.48. The zero-order chi connectivity index (χ0) is 14.5. The lowest BCUT2D eigenvalue weighted by Gasteiger charge is -2.06. The fraction of sp³-hybridized carbons (Fsp3) is 0.133. The zero-order valence-electron chi connectivity index (χ0n) is 10.5. The van der Waals surface area contributed by atoms with E-state index in [1.165, 1.54) is 6.07 Å². The molecule has 0 spiro atoms. The number of hydrogen-bond acceptors (Lipinski definition) is 1. The van der Waals surface area contributed by atoms with Crippen LogP contribution in [0.3, 0.4) is 0 Å². The van der Waals surface area contributed by atoms with E-state index in [9.17, 15) is 13.6 Å². The van der Waals surface area contributed by atoms with E-state index in [0.717, 1.165) is 23.0 Å². The van der Waals surface area contributed by atoms with Crippen molar-refractivity contribution in [3.63, 3.8) is 0 Å². The average molecular weight is 340 g/mol. The highest BCUT2D eigenvalue weighted by molar-refractivity contribution is 9.08. The second kappa shape index (κ2) is 6.61. The summed E-state index contributed by atoms with van der Waals surface area (Å²) in [4.78, 5) is 11.9. The van der Waals surface area contributed by atoms with E-state index in [-0.39, 0.29) is 12.5 Å². The van der Waals surface area contributed by atoms with Crippen LogP contribution in [0.1, 0.15) is 21.5 Å². The molecule has 2 nitrogen and oxygen atoms in total. The van der Waals surface area contributed by atoms with Crippen molar-refractivity contribution >= 4 is 21.8 Å². The molecule has 0 unspecified atom stereocenters. The summed E-state index contributed by atoms with van der Waals surface area (Å²) in [5.41, 5.74) is 2.11. The van der Waals surface area contributed by atoms with Crippen molar-refractivity contribution in [2.45, 2.75) is 11.9 Å². The van der Waals surface area contributed by atoms with Gasteiger partial charge in [-0.15, -0.1) is 0 Å². The number of carbonyl (C=O) groups is 1. The second-order valence-corrected chi connectivity index (χ2v) is 4.82. The molecule has 1 amide bonds. The molecule has 2 aromatic carbocycles. The van der Waals surface area contributed by atoms with Crippen LogP contribution in [0, 0.1) is 11.6 Å². The fourth-order valence-electron chi connectivity index (χ4n) is 1.68. The van der Waals surface area contributed by atoms with Gasteiger partial charge in [0.1, 0.15) is 0 Å². The third kappa shape index (κ3) is 3.63. The van der Waals surface area contributed by atoms with Crippen LogP contribution in [0.5, 0.6) is 0 Å². The summed E-state index contributed by atoms with van der Waals surface area (Å²) in [7, 11) is 0. The molecule has 0 aliphatic heterocycles. The highest BCUT2D eigenvalue weighted by Gasteiger charge is 2.07. The molecule has 0 aliphatic carbocycles. The van der Waals surface area contributed by atoms with E-state index in [1.54, 1.807) is 12.1 Å². The third-order valence-corrected chi connectivity index (χ3v) is 3.45. The zero-order valence-corrected chi connectivity index (χ0v) is 12.1. The van der Waals surface area contributed by atoms with Gasteiger partial charge in [-0.1, -0.05) is 34.1 Å². The van der Waals surface area contributed by atoms with Crippen molar-refractivity contribution in [3.05, 3.63) is 70.8 Å². The first-order valence-electron chi connectivity index (χ1n) is 5.97. The summed E-state index contributed by atoms with van der Waals surface area (Å²) in [5.74, 6) is -2.07. The van der Waals surface area contributed by atoms with Crippen molar-refractivity contribution in [1.29, 1.82) is 0 Å². The van der Waals surface area contributed by atoms with Crippen LogP contribution in [0.4, 0.5) is 8.78 Å². The summed E-state index contributed by atoms with van der Waals surface area (Å²) in [5, 5.41) is 3.39. The fourth-order valence-corrected chi connectivity index (χ4v) is 2.05. The maximum Gasteiger partial charge on any atom is 0.251 e. The Bertz CT molecular complexity index is 614. The summed E-state index contributed by atoms with van der Waals surface area (Å²) in [6.45, 7) is 0.149. The molecular formula is C15H12BrF2NO. The van der Waals surface area contributed by atoms with Crippen molar-refractivity contribution in [2.24, 2.45) is 0 Å². The minimum Gasteiger partial charge on any atom is -0.348 e. The number of amides is 1.